The maximum Gasteiger partial charge on any atom is 0.402 e. The Morgan fingerprint density at radius 3 is 2.58 bits per heavy atom. The summed E-state index contributed by atoms with van der Waals surface area (Å²) in [7, 11) is 0. The van der Waals surface area contributed by atoms with Crippen molar-refractivity contribution in [3.05, 3.63) is 80.4 Å². The number of aliphatic hydroxyl groups excluding tert-OH is 1. The van der Waals surface area contributed by atoms with Crippen LogP contribution in [0.15, 0.2) is 62.5 Å². The highest BCUT2D eigenvalue weighted by Crippen LogP contribution is 2.19. The zero-order valence-electron chi connectivity index (χ0n) is 14.0. The lowest BCUT2D eigenvalue weighted by molar-refractivity contribution is -0.0674. The van der Waals surface area contributed by atoms with Gasteiger partial charge in [0.15, 0.2) is 5.58 Å². The van der Waals surface area contributed by atoms with Gasteiger partial charge >= 0.3 is 11.2 Å². The Hall–Kier alpha value is -3.03. The molecular weight excluding hydrogens is 338 g/mol. The van der Waals surface area contributed by atoms with E-state index in [4.69, 9.17) is 9.15 Å². The van der Waals surface area contributed by atoms with Gasteiger partial charge in [-0.25, -0.2) is 4.79 Å². The standard InChI is InChI=1S/C19H17NO6/c1-2-25-18(23)15(21)13-9-6-10-14-16(13)26-19(24)17(22)20(14)11-12-7-4-3-5-8-12/h3-10,18,23H,2,11H2,1H3. The second-order valence-corrected chi connectivity index (χ2v) is 5.59. The number of para-hydroxylation sites is 1. The maximum absolute atomic E-state index is 12.4. The number of carbonyl (C=O) groups is 1. The van der Waals surface area contributed by atoms with E-state index in [0.29, 0.717) is 0 Å². The Balaban J connectivity index is 2.19. The summed E-state index contributed by atoms with van der Waals surface area (Å²) in [6.07, 6.45) is -1.68. The minimum absolute atomic E-state index is 0.0256. The highest BCUT2D eigenvalue weighted by molar-refractivity contribution is 6.06. The molecule has 0 saturated heterocycles. The average molecular weight is 355 g/mol. The lowest BCUT2D eigenvalue weighted by atomic mass is 10.1. The predicted molar refractivity (Wildman–Crippen MR) is 94.3 cm³/mol. The minimum Gasteiger partial charge on any atom is -0.416 e. The largest absolute Gasteiger partial charge is 0.416 e. The second-order valence-electron chi connectivity index (χ2n) is 5.59. The van der Waals surface area contributed by atoms with E-state index in [1.807, 2.05) is 30.3 Å². The van der Waals surface area contributed by atoms with Crippen LogP contribution in [-0.2, 0) is 11.3 Å². The molecule has 3 aromatic rings. The van der Waals surface area contributed by atoms with Crippen molar-refractivity contribution in [1.29, 1.82) is 0 Å². The third-order valence-corrected chi connectivity index (χ3v) is 3.90. The first-order valence-corrected chi connectivity index (χ1v) is 8.07. The van der Waals surface area contributed by atoms with Crippen LogP contribution in [0.3, 0.4) is 0 Å². The number of aliphatic hydroxyl groups is 1. The lowest BCUT2D eigenvalue weighted by Crippen LogP contribution is -2.34. The number of nitrogens with zero attached hydrogens (tertiary/aromatic N) is 1. The summed E-state index contributed by atoms with van der Waals surface area (Å²) >= 11 is 0. The number of aromatic nitrogens is 1. The number of ketones is 1. The van der Waals surface area contributed by atoms with Crippen LogP contribution in [0.4, 0.5) is 0 Å². The highest BCUT2D eigenvalue weighted by atomic mass is 16.6. The SMILES string of the molecule is CCOC(O)C(=O)c1cccc2c1oc(=O)c(=O)n2Cc1ccccc1. The van der Waals surface area contributed by atoms with Gasteiger partial charge in [-0.2, -0.15) is 0 Å². The summed E-state index contributed by atoms with van der Waals surface area (Å²) in [5, 5.41) is 9.80. The summed E-state index contributed by atoms with van der Waals surface area (Å²) in [6, 6.07) is 13.7. The summed E-state index contributed by atoms with van der Waals surface area (Å²) in [4.78, 5) is 36.7. The zero-order valence-corrected chi connectivity index (χ0v) is 14.0. The molecule has 7 heteroatoms. The van der Waals surface area contributed by atoms with Crippen molar-refractivity contribution in [3.63, 3.8) is 0 Å². The Labute approximate surface area is 148 Å². The van der Waals surface area contributed by atoms with Gasteiger partial charge in [-0.15, -0.1) is 0 Å². The fourth-order valence-corrected chi connectivity index (χ4v) is 2.68. The smallest absolute Gasteiger partial charge is 0.402 e. The quantitative estimate of drug-likeness (QED) is 0.409. The molecule has 0 radical (unpaired) electrons. The Bertz CT molecular complexity index is 1050. The van der Waals surface area contributed by atoms with Crippen molar-refractivity contribution in [2.75, 3.05) is 6.61 Å². The van der Waals surface area contributed by atoms with Crippen LogP contribution < -0.4 is 11.2 Å². The molecule has 0 aliphatic heterocycles. The Morgan fingerprint density at radius 1 is 1.15 bits per heavy atom. The van der Waals surface area contributed by atoms with Crippen molar-refractivity contribution in [2.45, 2.75) is 19.8 Å². The van der Waals surface area contributed by atoms with Crippen molar-refractivity contribution in [3.8, 4) is 0 Å². The van der Waals surface area contributed by atoms with Gasteiger partial charge in [0, 0.05) is 6.61 Å². The van der Waals surface area contributed by atoms with E-state index in [2.05, 4.69) is 0 Å². The maximum atomic E-state index is 12.4. The van der Waals surface area contributed by atoms with E-state index in [-0.39, 0.29) is 29.8 Å². The Kier molecular flexibility index (Phi) is 5.11. The number of hydrogen-bond acceptors (Lipinski definition) is 6. The molecule has 134 valence electrons. The van der Waals surface area contributed by atoms with Gasteiger partial charge in [-0.05, 0) is 24.6 Å². The molecule has 1 N–H and O–H groups in total. The zero-order chi connectivity index (χ0) is 18.7. The van der Waals surface area contributed by atoms with Crippen molar-refractivity contribution in [2.24, 2.45) is 0 Å². The molecule has 1 atom stereocenters. The molecule has 0 saturated carbocycles. The molecule has 0 spiro atoms. The molecule has 2 aromatic carbocycles. The van der Waals surface area contributed by atoms with Gasteiger partial charge in [0.2, 0.25) is 12.1 Å². The summed E-state index contributed by atoms with van der Waals surface area (Å²) in [5.41, 5.74) is -0.893. The van der Waals surface area contributed by atoms with E-state index < -0.39 is 23.3 Å². The average Bonchev–Trinajstić information content (AvgIpc) is 2.65. The van der Waals surface area contributed by atoms with Crippen LogP contribution in [0, 0.1) is 0 Å². The van der Waals surface area contributed by atoms with Crippen molar-refractivity contribution >= 4 is 16.9 Å². The first-order valence-electron chi connectivity index (χ1n) is 8.07. The first kappa shape index (κ1) is 17.8. The lowest BCUT2D eigenvalue weighted by Gasteiger charge is -2.13. The third-order valence-electron chi connectivity index (χ3n) is 3.90. The number of Topliss-reactive ketones (excluding diaryl/α,β-unsaturated/α-hetero) is 1. The summed E-state index contributed by atoms with van der Waals surface area (Å²) in [6.45, 7) is 1.92. The number of fused-ring (bicyclic) bond motifs is 1. The van der Waals surface area contributed by atoms with Crippen LogP contribution in [0.25, 0.3) is 11.1 Å². The van der Waals surface area contributed by atoms with E-state index in [9.17, 15) is 19.5 Å². The molecule has 1 heterocycles. The molecule has 0 amide bonds. The second kappa shape index (κ2) is 7.47. The van der Waals surface area contributed by atoms with Gasteiger partial charge < -0.3 is 14.3 Å². The molecule has 0 aliphatic rings. The van der Waals surface area contributed by atoms with Gasteiger partial charge in [0.1, 0.15) is 0 Å². The number of carbonyl (C=O) groups excluding carboxylic acids is 1. The van der Waals surface area contributed by atoms with Crippen LogP contribution in [0.5, 0.6) is 0 Å². The minimum atomic E-state index is -1.68. The van der Waals surface area contributed by atoms with E-state index >= 15 is 0 Å². The fourth-order valence-electron chi connectivity index (χ4n) is 2.68. The van der Waals surface area contributed by atoms with Gasteiger partial charge in [-0.3, -0.25) is 14.2 Å². The van der Waals surface area contributed by atoms with E-state index in [1.54, 1.807) is 19.1 Å². The number of rotatable bonds is 6. The number of ether oxygens (including phenoxy) is 1. The molecular formula is C19H17NO6. The monoisotopic (exact) mass is 355 g/mol. The van der Waals surface area contributed by atoms with E-state index in [1.165, 1.54) is 10.6 Å². The van der Waals surface area contributed by atoms with Crippen LogP contribution in [0.2, 0.25) is 0 Å². The molecule has 1 aromatic heterocycles. The number of hydrogen-bond donors (Lipinski definition) is 1. The van der Waals surface area contributed by atoms with Gasteiger partial charge in [0.25, 0.3) is 0 Å². The highest BCUT2D eigenvalue weighted by Gasteiger charge is 2.23. The van der Waals surface area contributed by atoms with Crippen molar-refractivity contribution < 1.29 is 19.1 Å². The summed E-state index contributed by atoms with van der Waals surface area (Å²) in [5.74, 6) is -0.745. The molecule has 7 nitrogen and oxygen atoms in total. The van der Waals surface area contributed by atoms with Crippen molar-refractivity contribution in [1.82, 2.24) is 4.57 Å². The molecule has 26 heavy (non-hydrogen) atoms. The molecule has 0 bridgehead atoms. The first-order chi connectivity index (χ1) is 12.5. The molecule has 0 aliphatic carbocycles. The van der Waals surface area contributed by atoms with Gasteiger partial charge in [0.05, 0.1) is 17.6 Å². The van der Waals surface area contributed by atoms with Crippen LogP contribution >= 0.6 is 0 Å². The van der Waals surface area contributed by atoms with E-state index in [0.717, 1.165) is 5.56 Å². The number of benzene rings is 2. The topological polar surface area (TPSA) is 98.7 Å². The predicted octanol–water partition coefficient (Wildman–Crippen LogP) is 1.54. The molecule has 3 rings (SSSR count). The van der Waals surface area contributed by atoms with Gasteiger partial charge in [-0.1, -0.05) is 36.4 Å². The summed E-state index contributed by atoms with van der Waals surface area (Å²) < 4.78 is 11.2. The third kappa shape index (κ3) is 3.35. The fraction of sp³-hybridized carbons (Fsp3) is 0.211. The van der Waals surface area contributed by atoms with Crippen LogP contribution in [-0.4, -0.2) is 28.4 Å². The molecule has 1 unspecified atom stereocenters. The Morgan fingerprint density at radius 2 is 1.88 bits per heavy atom. The molecule has 0 fully saturated rings. The normalized spacial score (nSPS) is 12.2. The van der Waals surface area contributed by atoms with Crippen LogP contribution in [0.1, 0.15) is 22.8 Å².